The Morgan fingerprint density at radius 1 is 1.08 bits per heavy atom. The van der Waals surface area contributed by atoms with E-state index in [1.165, 1.54) is 50.5 Å². The van der Waals surface area contributed by atoms with Crippen LogP contribution in [-0.4, -0.2) is 31.0 Å². The summed E-state index contributed by atoms with van der Waals surface area (Å²) in [6, 6.07) is 10.6. The van der Waals surface area contributed by atoms with E-state index in [4.69, 9.17) is 4.74 Å². The number of hydrogen-bond acceptors (Lipinski definition) is 3. The number of hydrogen-bond donors (Lipinski definition) is 2. The van der Waals surface area contributed by atoms with Crippen LogP contribution in [0.2, 0.25) is 0 Å². The molecule has 3 heteroatoms. The van der Waals surface area contributed by atoms with Gasteiger partial charge in [0.1, 0.15) is 0 Å². The van der Waals surface area contributed by atoms with Gasteiger partial charge in [-0.15, -0.1) is 0 Å². The fraction of sp³-hybridized carbons (Fsp3) is 0.739. The molecular weight excluding hydrogens is 322 g/mol. The molecule has 2 N–H and O–H groups in total. The van der Waals surface area contributed by atoms with Crippen molar-refractivity contribution in [3.63, 3.8) is 0 Å². The predicted molar refractivity (Wildman–Crippen MR) is 105 cm³/mol. The molecule has 4 bridgehead atoms. The van der Waals surface area contributed by atoms with Crippen molar-refractivity contribution in [3.8, 4) is 0 Å². The second kappa shape index (κ2) is 8.00. The molecule has 0 heterocycles. The molecule has 4 fully saturated rings. The van der Waals surface area contributed by atoms with E-state index in [-0.39, 0.29) is 6.04 Å². The molecule has 4 aliphatic carbocycles. The van der Waals surface area contributed by atoms with Gasteiger partial charge in [-0.25, -0.2) is 0 Å². The number of rotatable bonds is 9. The molecule has 2 unspecified atom stereocenters. The minimum atomic E-state index is -0.433. The fourth-order valence-electron chi connectivity index (χ4n) is 6.34. The molecule has 0 amide bonds. The van der Waals surface area contributed by atoms with E-state index in [1.54, 1.807) is 0 Å². The highest BCUT2D eigenvalue weighted by atomic mass is 16.5. The van der Waals surface area contributed by atoms with E-state index in [9.17, 15) is 5.11 Å². The number of benzene rings is 1. The lowest BCUT2D eigenvalue weighted by Gasteiger charge is -2.57. The molecule has 5 rings (SSSR count). The van der Waals surface area contributed by atoms with Crippen molar-refractivity contribution < 1.29 is 9.84 Å². The Hall–Kier alpha value is -0.900. The van der Waals surface area contributed by atoms with E-state index >= 15 is 0 Å². The third-order valence-corrected chi connectivity index (χ3v) is 7.21. The van der Waals surface area contributed by atoms with Crippen LogP contribution in [0.4, 0.5) is 0 Å². The Balaban J connectivity index is 1.14. The number of aliphatic hydroxyl groups excluding tert-OH is 1. The summed E-state index contributed by atoms with van der Waals surface area (Å²) in [5.41, 5.74) is 1.84. The standard InChI is InChI=1S/C23H35NO2/c1-17(21-5-3-2-4-6-21)24-15-22(25)16-26-8-7-23-12-18-9-19(13-23)11-20(10-18)14-23/h2-6,17-20,22,24-25H,7-16H2,1H3. The van der Waals surface area contributed by atoms with Gasteiger partial charge in [0.25, 0.3) is 0 Å². The average Bonchev–Trinajstić information content (AvgIpc) is 2.63. The molecule has 1 aromatic rings. The zero-order valence-corrected chi connectivity index (χ0v) is 16.2. The zero-order chi connectivity index (χ0) is 18.0. The smallest absolute Gasteiger partial charge is 0.0897 e. The molecule has 144 valence electrons. The zero-order valence-electron chi connectivity index (χ0n) is 16.2. The molecule has 4 aliphatic rings. The lowest BCUT2D eigenvalue weighted by Crippen LogP contribution is -2.46. The van der Waals surface area contributed by atoms with Crippen molar-refractivity contribution in [2.75, 3.05) is 19.8 Å². The van der Waals surface area contributed by atoms with E-state index < -0.39 is 6.10 Å². The Morgan fingerprint density at radius 3 is 2.31 bits per heavy atom. The van der Waals surface area contributed by atoms with Gasteiger partial charge < -0.3 is 15.2 Å². The summed E-state index contributed by atoms with van der Waals surface area (Å²) in [5, 5.41) is 13.6. The van der Waals surface area contributed by atoms with Crippen molar-refractivity contribution in [1.29, 1.82) is 0 Å². The highest BCUT2D eigenvalue weighted by molar-refractivity contribution is 5.18. The van der Waals surface area contributed by atoms with E-state index in [0.29, 0.717) is 18.6 Å². The van der Waals surface area contributed by atoms with E-state index in [2.05, 4.69) is 36.5 Å². The van der Waals surface area contributed by atoms with Crippen LogP contribution in [0.1, 0.15) is 63.5 Å². The lowest BCUT2D eigenvalue weighted by atomic mass is 9.49. The largest absolute Gasteiger partial charge is 0.389 e. The van der Waals surface area contributed by atoms with Crippen molar-refractivity contribution >= 4 is 0 Å². The fourth-order valence-corrected chi connectivity index (χ4v) is 6.34. The first-order valence-corrected chi connectivity index (χ1v) is 10.7. The Morgan fingerprint density at radius 2 is 1.69 bits per heavy atom. The quantitative estimate of drug-likeness (QED) is 0.647. The third kappa shape index (κ3) is 4.32. The van der Waals surface area contributed by atoms with E-state index in [0.717, 1.165) is 24.4 Å². The summed E-state index contributed by atoms with van der Waals surface area (Å²) in [4.78, 5) is 0. The SMILES string of the molecule is CC(NCC(O)COCCC12CC3CC(CC(C3)C1)C2)c1ccccc1. The first-order valence-electron chi connectivity index (χ1n) is 10.7. The van der Waals surface area contributed by atoms with Gasteiger partial charge in [0.15, 0.2) is 0 Å². The van der Waals surface area contributed by atoms with Crippen molar-refractivity contribution in [1.82, 2.24) is 5.32 Å². The molecule has 0 aliphatic heterocycles. The lowest BCUT2D eigenvalue weighted by molar-refractivity contribution is -0.0730. The average molecular weight is 358 g/mol. The van der Waals surface area contributed by atoms with Gasteiger partial charge in [-0.2, -0.15) is 0 Å². The molecule has 1 aromatic carbocycles. The van der Waals surface area contributed by atoms with Crippen LogP contribution >= 0.6 is 0 Å². The maximum atomic E-state index is 10.2. The minimum Gasteiger partial charge on any atom is -0.389 e. The second-order valence-electron chi connectivity index (χ2n) is 9.44. The van der Waals surface area contributed by atoms with Gasteiger partial charge in [0, 0.05) is 19.2 Å². The summed E-state index contributed by atoms with van der Waals surface area (Å²) in [7, 11) is 0. The summed E-state index contributed by atoms with van der Waals surface area (Å²) < 4.78 is 5.88. The van der Waals surface area contributed by atoms with Crippen LogP contribution in [0.5, 0.6) is 0 Å². The molecule has 0 radical (unpaired) electrons. The molecule has 0 saturated heterocycles. The van der Waals surface area contributed by atoms with Crippen LogP contribution in [0.25, 0.3) is 0 Å². The molecule has 3 nitrogen and oxygen atoms in total. The molecule has 4 saturated carbocycles. The predicted octanol–water partition coefficient (Wildman–Crippen LogP) is 4.32. The van der Waals surface area contributed by atoms with Crippen LogP contribution in [0, 0.1) is 23.2 Å². The third-order valence-electron chi connectivity index (χ3n) is 7.21. The Labute approximate surface area is 158 Å². The molecule has 0 aromatic heterocycles. The van der Waals surface area contributed by atoms with Crippen LogP contribution in [0.15, 0.2) is 30.3 Å². The number of ether oxygens (including phenoxy) is 1. The van der Waals surface area contributed by atoms with Gasteiger partial charge in [0.05, 0.1) is 12.7 Å². The summed E-state index contributed by atoms with van der Waals surface area (Å²) in [6.45, 7) is 3.97. The van der Waals surface area contributed by atoms with E-state index in [1.807, 2.05) is 6.07 Å². The van der Waals surface area contributed by atoms with Gasteiger partial charge in [-0.3, -0.25) is 0 Å². The van der Waals surface area contributed by atoms with Crippen LogP contribution in [0.3, 0.4) is 0 Å². The van der Waals surface area contributed by atoms with Gasteiger partial charge in [-0.1, -0.05) is 30.3 Å². The molecular formula is C23H35NO2. The first kappa shape index (κ1) is 18.5. The summed E-state index contributed by atoms with van der Waals surface area (Å²) in [5.74, 6) is 3.03. The topological polar surface area (TPSA) is 41.5 Å². The summed E-state index contributed by atoms with van der Waals surface area (Å²) in [6.07, 6.45) is 9.62. The normalized spacial score (nSPS) is 34.8. The maximum absolute atomic E-state index is 10.2. The van der Waals surface area contributed by atoms with Crippen LogP contribution < -0.4 is 5.32 Å². The molecule has 26 heavy (non-hydrogen) atoms. The second-order valence-corrected chi connectivity index (χ2v) is 9.44. The maximum Gasteiger partial charge on any atom is 0.0897 e. The Kier molecular flexibility index (Phi) is 5.68. The van der Waals surface area contributed by atoms with Gasteiger partial charge in [-0.05, 0) is 80.6 Å². The molecule has 0 spiro atoms. The summed E-state index contributed by atoms with van der Waals surface area (Å²) >= 11 is 0. The highest BCUT2D eigenvalue weighted by Crippen LogP contribution is 2.61. The minimum absolute atomic E-state index is 0.248. The highest BCUT2D eigenvalue weighted by Gasteiger charge is 2.50. The number of aliphatic hydroxyl groups is 1. The van der Waals surface area contributed by atoms with Crippen molar-refractivity contribution in [3.05, 3.63) is 35.9 Å². The Bertz CT molecular complexity index is 538. The molecule has 2 atom stereocenters. The van der Waals surface area contributed by atoms with Crippen LogP contribution in [-0.2, 0) is 4.74 Å². The monoisotopic (exact) mass is 357 g/mol. The number of nitrogens with one attached hydrogen (secondary N) is 1. The van der Waals surface area contributed by atoms with Gasteiger partial charge in [0.2, 0.25) is 0 Å². The van der Waals surface area contributed by atoms with Crippen molar-refractivity contribution in [2.24, 2.45) is 23.2 Å². The van der Waals surface area contributed by atoms with Gasteiger partial charge >= 0.3 is 0 Å². The van der Waals surface area contributed by atoms with Crippen molar-refractivity contribution in [2.45, 2.75) is 64.0 Å². The first-order chi connectivity index (χ1) is 12.6.